The fourth-order valence-corrected chi connectivity index (χ4v) is 7.01. The number of rotatable bonds is 10. The summed E-state index contributed by atoms with van der Waals surface area (Å²) in [5.74, 6) is 0.190. The summed E-state index contributed by atoms with van der Waals surface area (Å²) < 4.78 is 10.9. The molecule has 5 atom stereocenters. The SMILES string of the molecule is CO[C@H](C)[C@H](C)C(=O)N1CCC[C@H]1C(=O)Nc1noc2ccc(-c3ccc(C4=CN=C([C@@H]5CCCN5C(=O)[C@@H](C)C(C)C)C4)cc3)cc12. The van der Waals surface area contributed by atoms with Gasteiger partial charge < -0.3 is 24.4 Å². The molecule has 3 aromatic rings. The monoisotopic (exact) mass is 653 g/mol. The first-order chi connectivity index (χ1) is 23.1. The van der Waals surface area contributed by atoms with E-state index >= 15 is 0 Å². The lowest BCUT2D eigenvalue weighted by molar-refractivity contribution is -0.143. The van der Waals surface area contributed by atoms with Crippen LogP contribution in [-0.4, -0.2) is 76.8 Å². The Labute approximate surface area is 282 Å². The van der Waals surface area contributed by atoms with Crippen LogP contribution in [0.1, 0.15) is 72.3 Å². The zero-order chi connectivity index (χ0) is 34.1. The molecule has 48 heavy (non-hydrogen) atoms. The van der Waals surface area contributed by atoms with E-state index in [4.69, 9.17) is 14.3 Å². The van der Waals surface area contributed by atoms with Gasteiger partial charge in [0.15, 0.2) is 11.4 Å². The van der Waals surface area contributed by atoms with Gasteiger partial charge >= 0.3 is 0 Å². The maximum Gasteiger partial charge on any atom is 0.248 e. The Kier molecular flexibility index (Phi) is 9.83. The lowest BCUT2D eigenvalue weighted by atomic mass is 9.94. The summed E-state index contributed by atoms with van der Waals surface area (Å²) in [6, 6.07) is 13.7. The van der Waals surface area contributed by atoms with Crippen LogP contribution in [0.2, 0.25) is 0 Å². The summed E-state index contributed by atoms with van der Waals surface area (Å²) in [7, 11) is 1.59. The molecule has 0 aliphatic carbocycles. The second-order valence-electron chi connectivity index (χ2n) is 13.9. The number of aromatic nitrogens is 1. The molecule has 2 fully saturated rings. The first-order valence-corrected chi connectivity index (χ1v) is 17.3. The van der Waals surface area contributed by atoms with E-state index in [1.807, 2.05) is 50.1 Å². The lowest BCUT2D eigenvalue weighted by Gasteiger charge is -2.29. The van der Waals surface area contributed by atoms with Crippen LogP contribution >= 0.6 is 0 Å². The van der Waals surface area contributed by atoms with Crippen LogP contribution in [0.4, 0.5) is 5.82 Å². The number of carbonyl (C=O) groups is 3. The van der Waals surface area contributed by atoms with Crippen molar-refractivity contribution in [3.05, 3.63) is 54.2 Å². The van der Waals surface area contributed by atoms with Gasteiger partial charge in [0, 0.05) is 44.4 Å². The number of hydrogen-bond donors (Lipinski definition) is 1. The quantitative estimate of drug-likeness (QED) is 0.265. The minimum absolute atomic E-state index is 0.00415. The van der Waals surface area contributed by atoms with Crippen molar-refractivity contribution < 1.29 is 23.6 Å². The van der Waals surface area contributed by atoms with Crippen LogP contribution in [0.25, 0.3) is 27.7 Å². The minimum Gasteiger partial charge on any atom is -0.381 e. The van der Waals surface area contributed by atoms with E-state index in [0.717, 1.165) is 60.2 Å². The molecule has 0 radical (unpaired) electrons. The maximum atomic E-state index is 13.4. The summed E-state index contributed by atoms with van der Waals surface area (Å²) in [6.45, 7) is 11.3. The number of nitrogens with one attached hydrogen (secondary N) is 1. The number of anilines is 1. The van der Waals surface area contributed by atoms with Gasteiger partial charge in [-0.3, -0.25) is 19.4 Å². The molecule has 1 N–H and O–H groups in total. The minimum atomic E-state index is -0.568. The van der Waals surface area contributed by atoms with E-state index in [0.29, 0.717) is 35.7 Å². The first-order valence-electron chi connectivity index (χ1n) is 17.3. The molecule has 254 valence electrons. The zero-order valence-electron chi connectivity index (χ0n) is 28.9. The van der Waals surface area contributed by atoms with E-state index in [2.05, 4.69) is 48.6 Å². The Morgan fingerprint density at radius 1 is 0.875 bits per heavy atom. The molecular weight excluding hydrogens is 606 g/mol. The molecule has 2 aromatic carbocycles. The molecule has 0 bridgehead atoms. The Hall–Kier alpha value is -4.31. The van der Waals surface area contributed by atoms with Crippen LogP contribution in [-0.2, 0) is 19.1 Å². The number of amides is 3. The lowest BCUT2D eigenvalue weighted by Crippen LogP contribution is -2.47. The molecular formula is C38H47N5O5. The molecule has 2 saturated heterocycles. The van der Waals surface area contributed by atoms with Gasteiger partial charge in [-0.05, 0) is 72.9 Å². The molecule has 3 amide bonds. The largest absolute Gasteiger partial charge is 0.381 e. The van der Waals surface area contributed by atoms with Gasteiger partial charge in [0.1, 0.15) is 6.04 Å². The van der Waals surface area contributed by atoms with Gasteiger partial charge in [-0.15, -0.1) is 0 Å². The third-order valence-electron chi connectivity index (χ3n) is 10.7. The van der Waals surface area contributed by atoms with E-state index < -0.39 is 6.04 Å². The summed E-state index contributed by atoms with van der Waals surface area (Å²) in [5.41, 5.74) is 5.88. The van der Waals surface area contributed by atoms with Crippen molar-refractivity contribution in [1.82, 2.24) is 15.0 Å². The Balaban J connectivity index is 1.12. The number of methoxy groups -OCH3 is 1. The Morgan fingerprint density at radius 3 is 2.27 bits per heavy atom. The first kappa shape index (κ1) is 33.6. The third-order valence-corrected chi connectivity index (χ3v) is 10.7. The van der Waals surface area contributed by atoms with Crippen molar-refractivity contribution in [1.29, 1.82) is 0 Å². The summed E-state index contributed by atoms with van der Waals surface area (Å²) >= 11 is 0. The molecule has 0 spiro atoms. The number of carbonyl (C=O) groups excluding carboxylic acids is 3. The Bertz CT molecular complexity index is 1740. The highest BCUT2D eigenvalue weighted by molar-refractivity contribution is 6.04. The highest BCUT2D eigenvalue weighted by atomic mass is 16.5. The van der Waals surface area contributed by atoms with Crippen LogP contribution in [0, 0.1) is 17.8 Å². The third kappa shape index (κ3) is 6.55. The summed E-state index contributed by atoms with van der Waals surface area (Å²) in [5, 5.41) is 7.78. The second-order valence-corrected chi connectivity index (χ2v) is 13.9. The van der Waals surface area contributed by atoms with Crippen molar-refractivity contribution >= 4 is 45.8 Å². The van der Waals surface area contributed by atoms with Crippen LogP contribution in [0.5, 0.6) is 0 Å². The number of allylic oxidation sites excluding steroid dienone is 1. The van der Waals surface area contributed by atoms with Crippen molar-refractivity contribution in [2.24, 2.45) is 22.7 Å². The normalized spacial score (nSPS) is 21.4. The number of aliphatic imine (C=N–C) groups is 1. The molecule has 3 aliphatic heterocycles. The number of hydrogen-bond acceptors (Lipinski definition) is 7. The van der Waals surface area contributed by atoms with E-state index in [1.165, 1.54) is 0 Å². The van der Waals surface area contributed by atoms with Gasteiger partial charge in [0.05, 0.1) is 23.4 Å². The van der Waals surface area contributed by atoms with Gasteiger partial charge in [0.2, 0.25) is 17.7 Å². The fraction of sp³-hybridized carbons (Fsp3) is 0.500. The number of benzene rings is 2. The second kappa shape index (κ2) is 14.0. The van der Waals surface area contributed by atoms with Gasteiger partial charge in [-0.2, -0.15) is 0 Å². The fourth-order valence-electron chi connectivity index (χ4n) is 7.01. The van der Waals surface area contributed by atoms with Gasteiger partial charge in [0.25, 0.3) is 0 Å². The zero-order valence-corrected chi connectivity index (χ0v) is 28.9. The maximum absolute atomic E-state index is 13.4. The van der Waals surface area contributed by atoms with Crippen LogP contribution in [0.3, 0.4) is 0 Å². The molecule has 0 unspecified atom stereocenters. The molecule has 6 rings (SSSR count). The summed E-state index contributed by atoms with van der Waals surface area (Å²) in [4.78, 5) is 48.2. The van der Waals surface area contributed by atoms with Crippen molar-refractivity contribution in [3.63, 3.8) is 0 Å². The van der Waals surface area contributed by atoms with E-state index in [-0.39, 0.29) is 41.7 Å². The average Bonchev–Trinajstić information content (AvgIpc) is 3.93. The number of likely N-dealkylation sites (tertiary alicyclic amines) is 2. The predicted molar refractivity (Wildman–Crippen MR) is 187 cm³/mol. The van der Waals surface area contributed by atoms with Crippen molar-refractivity contribution in [2.45, 2.75) is 84.9 Å². The summed E-state index contributed by atoms with van der Waals surface area (Å²) in [6.07, 6.45) is 5.79. The van der Waals surface area contributed by atoms with E-state index in [1.54, 1.807) is 12.0 Å². The van der Waals surface area contributed by atoms with Gasteiger partial charge in [-0.1, -0.05) is 63.2 Å². The smallest absolute Gasteiger partial charge is 0.248 e. The Morgan fingerprint density at radius 2 is 1.54 bits per heavy atom. The molecule has 4 heterocycles. The van der Waals surface area contributed by atoms with Gasteiger partial charge in [-0.25, -0.2) is 0 Å². The van der Waals surface area contributed by atoms with Crippen molar-refractivity contribution in [3.8, 4) is 11.1 Å². The molecule has 10 nitrogen and oxygen atoms in total. The predicted octanol–water partition coefficient (Wildman–Crippen LogP) is 6.56. The van der Waals surface area contributed by atoms with Crippen LogP contribution in [0.15, 0.2) is 58.2 Å². The number of fused-ring (bicyclic) bond motifs is 1. The van der Waals surface area contributed by atoms with Crippen LogP contribution < -0.4 is 5.32 Å². The standard InChI is InChI=1S/C38H47N5O5/c1-22(2)23(3)37(45)42-17-7-9-32(42)31-20-29(21-39-31)27-13-11-26(12-14-27)28-15-16-34-30(19-28)35(41-48-34)40-36(44)33-10-8-18-43(33)38(46)24(4)25(5)47-6/h11-16,19,21-25,32-33H,7-10,17-18,20H2,1-6H3,(H,40,41,44)/t23-,24-,25+,32-,33-/m0/s1. The average molecular weight is 654 g/mol. The topological polar surface area (TPSA) is 117 Å². The number of nitrogens with zero attached hydrogens (tertiary/aromatic N) is 4. The molecule has 1 aromatic heterocycles. The molecule has 0 saturated carbocycles. The molecule has 10 heteroatoms. The highest BCUT2D eigenvalue weighted by Gasteiger charge is 2.38. The van der Waals surface area contributed by atoms with Crippen molar-refractivity contribution in [2.75, 3.05) is 25.5 Å². The number of ether oxygens (including phenoxy) is 1. The highest BCUT2D eigenvalue weighted by Crippen LogP contribution is 2.34. The molecule has 3 aliphatic rings. The van der Waals surface area contributed by atoms with E-state index in [9.17, 15) is 14.4 Å².